The third-order valence-electron chi connectivity index (χ3n) is 4.31. The van der Waals surface area contributed by atoms with E-state index >= 15 is 0 Å². The van der Waals surface area contributed by atoms with Gasteiger partial charge in [-0.15, -0.1) is 0 Å². The van der Waals surface area contributed by atoms with Gasteiger partial charge in [-0.1, -0.05) is 26.0 Å². The average molecular weight is 324 g/mol. The van der Waals surface area contributed by atoms with Crippen molar-refractivity contribution in [2.45, 2.75) is 38.0 Å². The van der Waals surface area contributed by atoms with Crippen LogP contribution in [-0.2, 0) is 16.4 Å². The second-order valence-electron chi connectivity index (χ2n) is 6.65. The molecule has 1 aromatic rings. The highest BCUT2D eigenvalue weighted by Crippen LogP contribution is 2.24. The molecule has 1 aromatic carbocycles. The fourth-order valence-electron chi connectivity index (χ4n) is 2.90. The first-order chi connectivity index (χ1) is 10.4. The molecule has 1 aliphatic heterocycles. The van der Waals surface area contributed by atoms with Gasteiger partial charge in [-0.05, 0) is 62.4 Å². The maximum absolute atomic E-state index is 12.7. The van der Waals surface area contributed by atoms with E-state index < -0.39 is 10.0 Å². The molecule has 0 saturated carbocycles. The van der Waals surface area contributed by atoms with Gasteiger partial charge in [0.25, 0.3) is 0 Å². The van der Waals surface area contributed by atoms with E-state index in [2.05, 4.69) is 19.2 Å². The van der Waals surface area contributed by atoms with Gasteiger partial charge in [0.1, 0.15) is 0 Å². The molecule has 1 heterocycles. The Labute approximate surface area is 135 Å². The molecule has 1 N–H and O–H groups in total. The molecule has 0 radical (unpaired) electrons. The number of nitrogens with zero attached hydrogens (tertiary/aromatic N) is 1. The van der Waals surface area contributed by atoms with Gasteiger partial charge in [-0.3, -0.25) is 0 Å². The lowest BCUT2D eigenvalue weighted by atomic mass is 10.0. The van der Waals surface area contributed by atoms with E-state index in [1.54, 1.807) is 16.4 Å². The first-order valence-electron chi connectivity index (χ1n) is 8.17. The largest absolute Gasteiger partial charge is 0.319 e. The summed E-state index contributed by atoms with van der Waals surface area (Å²) in [6, 6.07) is 7.43. The molecule has 22 heavy (non-hydrogen) atoms. The number of hydrogen-bond acceptors (Lipinski definition) is 3. The molecule has 0 aliphatic carbocycles. The third kappa shape index (κ3) is 4.31. The molecule has 1 fully saturated rings. The van der Waals surface area contributed by atoms with Crippen molar-refractivity contribution in [3.8, 4) is 0 Å². The Morgan fingerprint density at radius 3 is 2.55 bits per heavy atom. The minimum absolute atomic E-state index is 0.421. The second-order valence-corrected chi connectivity index (χ2v) is 8.59. The monoisotopic (exact) mass is 324 g/mol. The van der Waals surface area contributed by atoms with Crippen molar-refractivity contribution in [2.24, 2.45) is 11.8 Å². The molecule has 0 aromatic heterocycles. The van der Waals surface area contributed by atoms with Crippen molar-refractivity contribution in [1.82, 2.24) is 9.62 Å². The van der Waals surface area contributed by atoms with Crippen molar-refractivity contribution in [3.05, 3.63) is 29.8 Å². The molecule has 0 bridgehead atoms. The third-order valence-corrected chi connectivity index (χ3v) is 6.19. The summed E-state index contributed by atoms with van der Waals surface area (Å²) in [6.07, 6.45) is 3.07. The molecule has 5 heteroatoms. The molecule has 4 nitrogen and oxygen atoms in total. The van der Waals surface area contributed by atoms with Crippen LogP contribution in [0.25, 0.3) is 0 Å². The normalized spacial score (nSPS) is 19.9. The van der Waals surface area contributed by atoms with Crippen LogP contribution in [-0.4, -0.2) is 39.4 Å². The summed E-state index contributed by atoms with van der Waals surface area (Å²) < 4.78 is 27.0. The predicted molar refractivity (Wildman–Crippen MR) is 90.4 cm³/mol. The lowest BCUT2D eigenvalue weighted by Crippen LogP contribution is -2.30. The molecule has 1 atom stereocenters. The van der Waals surface area contributed by atoms with E-state index in [-0.39, 0.29) is 0 Å². The maximum atomic E-state index is 12.7. The van der Waals surface area contributed by atoms with Gasteiger partial charge >= 0.3 is 0 Å². The van der Waals surface area contributed by atoms with Crippen LogP contribution in [0, 0.1) is 11.8 Å². The summed E-state index contributed by atoms with van der Waals surface area (Å²) >= 11 is 0. The number of sulfonamides is 1. The maximum Gasteiger partial charge on any atom is 0.243 e. The number of benzene rings is 1. The van der Waals surface area contributed by atoms with Crippen LogP contribution in [0.4, 0.5) is 0 Å². The SMILES string of the molecule is CNCC1CCN(S(=O)(=O)c2ccc(CCC(C)C)cc2)C1. The van der Waals surface area contributed by atoms with Gasteiger partial charge < -0.3 is 5.32 Å². The highest BCUT2D eigenvalue weighted by atomic mass is 32.2. The minimum atomic E-state index is -3.33. The van der Waals surface area contributed by atoms with Crippen LogP contribution in [0.1, 0.15) is 32.3 Å². The molecule has 2 rings (SSSR count). The topological polar surface area (TPSA) is 49.4 Å². The smallest absolute Gasteiger partial charge is 0.243 e. The Morgan fingerprint density at radius 2 is 1.95 bits per heavy atom. The molecule has 0 spiro atoms. The van der Waals surface area contributed by atoms with E-state index in [0.29, 0.717) is 29.8 Å². The highest BCUT2D eigenvalue weighted by molar-refractivity contribution is 7.89. The van der Waals surface area contributed by atoms with Gasteiger partial charge in [-0.25, -0.2) is 8.42 Å². The Morgan fingerprint density at radius 1 is 1.27 bits per heavy atom. The summed E-state index contributed by atoms with van der Waals surface area (Å²) in [7, 11) is -1.42. The van der Waals surface area contributed by atoms with Gasteiger partial charge in [0, 0.05) is 13.1 Å². The van der Waals surface area contributed by atoms with Gasteiger partial charge in [0.15, 0.2) is 0 Å². The summed E-state index contributed by atoms with van der Waals surface area (Å²) in [5, 5.41) is 3.13. The van der Waals surface area contributed by atoms with Crippen LogP contribution in [0.5, 0.6) is 0 Å². The molecule has 1 saturated heterocycles. The van der Waals surface area contributed by atoms with Crippen molar-refractivity contribution in [1.29, 1.82) is 0 Å². The zero-order valence-electron chi connectivity index (χ0n) is 13.9. The van der Waals surface area contributed by atoms with E-state index in [1.165, 1.54) is 5.56 Å². The summed E-state index contributed by atoms with van der Waals surface area (Å²) in [5.74, 6) is 1.09. The van der Waals surface area contributed by atoms with Crippen LogP contribution in [0.2, 0.25) is 0 Å². The number of hydrogen-bond donors (Lipinski definition) is 1. The summed E-state index contributed by atoms with van der Waals surface area (Å²) in [5.41, 5.74) is 1.21. The zero-order chi connectivity index (χ0) is 16.2. The van der Waals surface area contributed by atoms with Crippen molar-refractivity contribution in [3.63, 3.8) is 0 Å². The van der Waals surface area contributed by atoms with Gasteiger partial charge in [0.2, 0.25) is 10.0 Å². The lowest BCUT2D eigenvalue weighted by Gasteiger charge is -2.17. The van der Waals surface area contributed by atoms with Crippen molar-refractivity contribution in [2.75, 3.05) is 26.7 Å². The zero-order valence-corrected chi connectivity index (χ0v) is 14.7. The fraction of sp³-hybridized carbons (Fsp3) is 0.647. The van der Waals surface area contributed by atoms with E-state index in [9.17, 15) is 8.42 Å². The molecular weight excluding hydrogens is 296 g/mol. The molecule has 1 aliphatic rings. The van der Waals surface area contributed by atoms with E-state index in [0.717, 1.165) is 25.8 Å². The first kappa shape index (κ1) is 17.4. The average Bonchev–Trinajstić information content (AvgIpc) is 2.95. The Hall–Kier alpha value is -0.910. The van der Waals surface area contributed by atoms with Crippen LogP contribution in [0.15, 0.2) is 29.2 Å². The van der Waals surface area contributed by atoms with Crippen LogP contribution >= 0.6 is 0 Å². The first-order valence-corrected chi connectivity index (χ1v) is 9.61. The number of aryl methyl sites for hydroxylation is 1. The number of rotatable bonds is 7. The van der Waals surface area contributed by atoms with Crippen molar-refractivity contribution < 1.29 is 8.42 Å². The van der Waals surface area contributed by atoms with Crippen LogP contribution in [0.3, 0.4) is 0 Å². The minimum Gasteiger partial charge on any atom is -0.319 e. The lowest BCUT2D eigenvalue weighted by molar-refractivity contribution is 0.451. The Kier molecular flexibility index (Phi) is 6.01. The molecule has 0 amide bonds. The molecule has 1 unspecified atom stereocenters. The van der Waals surface area contributed by atoms with E-state index in [4.69, 9.17) is 0 Å². The highest BCUT2D eigenvalue weighted by Gasteiger charge is 2.31. The van der Waals surface area contributed by atoms with Crippen molar-refractivity contribution >= 4 is 10.0 Å². The predicted octanol–water partition coefficient (Wildman–Crippen LogP) is 2.51. The summed E-state index contributed by atoms with van der Waals surface area (Å²) in [6.45, 7) is 6.53. The van der Waals surface area contributed by atoms with Crippen LogP contribution < -0.4 is 5.32 Å². The Bertz CT molecular complexity index is 567. The summed E-state index contributed by atoms with van der Waals surface area (Å²) in [4.78, 5) is 0.422. The second kappa shape index (κ2) is 7.57. The van der Waals surface area contributed by atoms with Gasteiger partial charge in [0.05, 0.1) is 4.90 Å². The fourth-order valence-corrected chi connectivity index (χ4v) is 4.43. The van der Waals surface area contributed by atoms with E-state index in [1.807, 2.05) is 19.2 Å². The Balaban J connectivity index is 2.04. The quantitative estimate of drug-likeness (QED) is 0.838. The van der Waals surface area contributed by atoms with Gasteiger partial charge in [-0.2, -0.15) is 4.31 Å². The molecule has 124 valence electrons. The molecular formula is C17H28N2O2S. The number of nitrogens with one attached hydrogen (secondary N) is 1. The standard InChI is InChI=1S/C17H28N2O2S/c1-14(2)4-5-15-6-8-17(9-7-15)22(20,21)19-11-10-16(13-19)12-18-3/h6-9,14,16,18H,4-5,10-13H2,1-3H3.